The first-order chi connectivity index (χ1) is 13.7. The van der Waals surface area contributed by atoms with Gasteiger partial charge in [-0.1, -0.05) is 18.2 Å². The van der Waals surface area contributed by atoms with Crippen LogP contribution in [0.1, 0.15) is 21.6 Å². The Hall–Kier alpha value is -3.12. The highest BCUT2D eigenvalue weighted by Crippen LogP contribution is 2.30. The van der Waals surface area contributed by atoms with Crippen LogP contribution in [0, 0.1) is 0 Å². The van der Waals surface area contributed by atoms with Crippen LogP contribution in [-0.4, -0.2) is 21.1 Å². The highest BCUT2D eigenvalue weighted by molar-refractivity contribution is 7.15. The van der Waals surface area contributed by atoms with Crippen molar-refractivity contribution in [2.75, 3.05) is 17.2 Å². The Kier molecular flexibility index (Phi) is 4.33. The zero-order chi connectivity index (χ0) is 18.9. The minimum atomic E-state index is 0.833. The maximum atomic E-state index is 5.96. The normalized spacial score (nSPS) is 13.5. The van der Waals surface area contributed by atoms with Crippen LogP contribution >= 0.6 is 11.3 Å². The number of thiazole rings is 1. The fourth-order valence-electron chi connectivity index (χ4n) is 3.66. The first kappa shape index (κ1) is 17.0. The molecule has 2 N–H and O–H groups in total. The average Bonchev–Trinajstić information content (AvgIpc) is 3.40. The van der Waals surface area contributed by atoms with Gasteiger partial charge in [0.1, 0.15) is 0 Å². The van der Waals surface area contributed by atoms with Gasteiger partial charge in [-0.2, -0.15) is 0 Å². The van der Waals surface area contributed by atoms with E-state index < -0.39 is 0 Å². The minimum Gasteiger partial charge on any atom is -0.399 e. The van der Waals surface area contributed by atoms with Crippen molar-refractivity contribution in [3.05, 3.63) is 88.9 Å². The first-order valence-electron chi connectivity index (χ1n) is 9.39. The van der Waals surface area contributed by atoms with Crippen molar-refractivity contribution in [1.82, 2.24) is 14.5 Å². The van der Waals surface area contributed by atoms with Crippen molar-refractivity contribution in [2.24, 2.45) is 0 Å². The average molecular weight is 388 g/mol. The molecule has 0 saturated heterocycles. The standard InChI is InChI=1S/C22H21N5S/c23-19-4-3-17-7-9-26(14-18(17)12-19)22-25-13-21(28-22)11-16-1-5-20(6-2-16)27-10-8-24-15-27/h1-6,8,10,12-13,15H,7,9,11,14,23H2. The molecular weight excluding hydrogens is 366 g/mol. The summed E-state index contributed by atoms with van der Waals surface area (Å²) in [6.07, 6.45) is 9.52. The predicted molar refractivity (Wildman–Crippen MR) is 114 cm³/mol. The molecule has 2 aromatic heterocycles. The first-order valence-corrected chi connectivity index (χ1v) is 10.2. The lowest BCUT2D eigenvalue weighted by Gasteiger charge is -2.28. The van der Waals surface area contributed by atoms with E-state index in [2.05, 4.69) is 46.3 Å². The molecule has 140 valence electrons. The summed E-state index contributed by atoms with van der Waals surface area (Å²) in [6.45, 7) is 1.89. The highest BCUT2D eigenvalue weighted by Gasteiger charge is 2.19. The monoisotopic (exact) mass is 387 g/mol. The molecule has 28 heavy (non-hydrogen) atoms. The number of nitrogen functional groups attached to an aromatic ring is 1. The van der Waals surface area contributed by atoms with Crippen LogP contribution in [0.4, 0.5) is 10.8 Å². The van der Waals surface area contributed by atoms with Crippen molar-refractivity contribution in [3.8, 4) is 5.69 Å². The van der Waals surface area contributed by atoms with Gasteiger partial charge in [-0.05, 0) is 47.4 Å². The third-order valence-electron chi connectivity index (χ3n) is 5.17. The van der Waals surface area contributed by atoms with Crippen LogP contribution < -0.4 is 10.6 Å². The number of nitrogens with two attached hydrogens (primary N) is 1. The van der Waals surface area contributed by atoms with Crippen LogP contribution in [0.15, 0.2) is 67.4 Å². The van der Waals surface area contributed by atoms with Gasteiger partial charge < -0.3 is 15.2 Å². The summed E-state index contributed by atoms with van der Waals surface area (Å²) in [4.78, 5) is 12.4. The number of anilines is 2. The van der Waals surface area contributed by atoms with Gasteiger partial charge in [-0.3, -0.25) is 0 Å². The van der Waals surface area contributed by atoms with Crippen molar-refractivity contribution in [3.63, 3.8) is 0 Å². The third-order valence-corrected chi connectivity index (χ3v) is 6.23. The number of fused-ring (bicyclic) bond motifs is 1. The van der Waals surface area contributed by atoms with Crippen molar-refractivity contribution < 1.29 is 0 Å². The van der Waals surface area contributed by atoms with Gasteiger partial charge in [0, 0.05) is 54.4 Å². The Morgan fingerprint density at radius 2 is 1.96 bits per heavy atom. The lowest BCUT2D eigenvalue weighted by atomic mass is 9.99. The molecule has 5 rings (SSSR count). The molecule has 1 aliphatic heterocycles. The van der Waals surface area contributed by atoms with Crippen LogP contribution in [0.5, 0.6) is 0 Å². The molecule has 0 bridgehead atoms. The fraction of sp³-hybridized carbons (Fsp3) is 0.182. The largest absolute Gasteiger partial charge is 0.399 e. The van der Waals surface area contributed by atoms with E-state index >= 15 is 0 Å². The SMILES string of the molecule is Nc1ccc2c(c1)CN(c1ncc(Cc3ccc(-n4ccnc4)cc3)s1)CC2. The minimum absolute atomic E-state index is 0.833. The van der Waals surface area contributed by atoms with E-state index in [1.54, 1.807) is 17.5 Å². The van der Waals surface area contributed by atoms with Gasteiger partial charge in [0.15, 0.2) is 5.13 Å². The number of imidazole rings is 1. The van der Waals surface area contributed by atoms with E-state index in [0.29, 0.717) is 0 Å². The van der Waals surface area contributed by atoms with Crippen LogP contribution in [0.3, 0.4) is 0 Å². The molecule has 5 nitrogen and oxygen atoms in total. The van der Waals surface area contributed by atoms with Gasteiger partial charge in [0.05, 0.1) is 6.33 Å². The molecule has 1 aliphatic rings. The summed E-state index contributed by atoms with van der Waals surface area (Å²) < 4.78 is 2.01. The van der Waals surface area contributed by atoms with Crippen molar-refractivity contribution >= 4 is 22.2 Å². The summed E-state index contributed by atoms with van der Waals surface area (Å²) in [5, 5.41) is 1.10. The Balaban J connectivity index is 1.29. The molecule has 0 unspecified atom stereocenters. The van der Waals surface area contributed by atoms with E-state index in [-0.39, 0.29) is 0 Å². The molecule has 0 radical (unpaired) electrons. The fourth-order valence-corrected chi connectivity index (χ4v) is 4.63. The Bertz CT molecular complexity index is 1080. The van der Waals surface area contributed by atoms with Gasteiger partial charge in [0.2, 0.25) is 0 Å². The smallest absolute Gasteiger partial charge is 0.185 e. The molecule has 0 atom stereocenters. The summed E-state index contributed by atoms with van der Waals surface area (Å²) in [5.74, 6) is 0. The summed E-state index contributed by atoms with van der Waals surface area (Å²) in [6, 6.07) is 14.9. The molecule has 0 spiro atoms. The van der Waals surface area contributed by atoms with Crippen molar-refractivity contribution in [1.29, 1.82) is 0 Å². The second-order valence-electron chi connectivity index (χ2n) is 7.12. The maximum Gasteiger partial charge on any atom is 0.185 e. The van der Waals surface area contributed by atoms with Gasteiger partial charge in [0.25, 0.3) is 0 Å². The number of hydrogen-bond donors (Lipinski definition) is 1. The summed E-state index contributed by atoms with van der Waals surface area (Å²) in [7, 11) is 0. The quantitative estimate of drug-likeness (QED) is 0.537. The van der Waals surface area contributed by atoms with Crippen LogP contribution in [-0.2, 0) is 19.4 Å². The van der Waals surface area contributed by atoms with E-state index in [1.807, 2.05) is 29.4 Å². The number of benzene rings is 2. The second-order valence-corrected chi connectivity index (χ2v) is 8.22. The van der Waals surface area contributed by atoms with Gasteiger partial charge in [-0.25, -0.2) is 9.97 Å². The molecule has 2 aromatic carbocycles. The van der Waals surface area contributed by atoms with E-state index in [4.69, 9.17) is 10.7 Å². The zero-order valence-electron chi connectivity index (χ0n) is 15.5. The maximum absolute atomic E-state index is 5.96. The Labute approximate surface area is 168 Å². The summed E-state index contributed by atoms with van der Waals surface area (Å²) in [5.41, 5.74) is 11.9. The lowest BCUT2D eigenvalue weighted by Crippen LogP contribution is -2.30. The van der Waals surface area contributed by atoms with Crippen LogP contribution in [0.25, 0.3) is 5.69 Å². The number of hydrogen-bond acceptors (Lipinski definition) is 5. The number of rotatable bonds is 4. The second kappa shape index (κ2) is 7.13. The Morgan fingerprint density at radius 1 is 1.07 bits per heavy atom. The molecule has 6 heteroatoms. The van der Waals surface area contributed by atoms with Gasteiger partial charge >= 0.3 is 0 Å². The molecule has 0 fully saturated rings. The molecule has 4 aromatic rings. The molecule has 0 amide bonds. The molecule has 0 aliphatic carbocycles. The summed E-state index contributed by atoms with van der Waals surface area (Å²) >= 11 is 1.78. The van der Waals surface area contributed by atoms with Gasteiger partial charge in [-0.15, -0.1) is 11.3 Å². The highest BCUT2D eigenvalue weighted by atomic mass is 32.1. The molecule has 3 heterocycles. The molecular formula is C22H21N5S. The van der Waals surface area contributed by atoms with E-state index in [0.717, 1.165) is 42.4 Å². The Morgan fingerprint density at radius 3 is 2.79 bits per heavy atom. The number of aromatic nitrogens is 3. The van der Waals surface area contributed by atoms with Crippen molar-refractivity contribution in [2.45, 2.75) is 19.4 Å². The predicted octanol–water partition coefficient (Wildman–Crippen LogP) is 4.06. The third kappa shape index (κ3) is 3.39. The lowest BCUT2D eigenvalue weighted by molar-refractivity contribution is 0.729. The van der Waals surface area contributed by atoms with Crippen LogP contribution in [0.2, 0.25) is 0 Å². The number of nitrogens with zero attached hydrogens (tertiary/aromatic N) is 4. The molecule has 0 saturated carbocycles. The van der Waals surface area contributed by atoms with E-state index in [1.165, 1.54) is 21.6 Å². The topological polar surface area (TPSA) is 60.0 Å². The zero-order valence-corrected chi connectivity index (χ0v) is 16.3. The van der Waals surface area contributed by atoms with E-state index in [9.17, 15) is 0 Å².